The summed E-state index contributed by atoms with van der Waals surface area (Å²) in [6.07, 6.45) is 6.80. The summed E-state index contributed by atoms with van der Waals surface area (Å²) < 4.78 is 1.03. The summed E-state index contributed by atoms with van der Waals surface area (Å²) >= 11 is 0. The number of Topliss-reactive ketones (excluding diaryl/α,β-unsaturated/α-hetero) is 1. The van der Waals surface area contributed by atoms with E-state index in [1.54, 1.807) is 0 Å². The molecule has 0 bridgehead atoms. The standard InChI is InChI=1S/C15H28NO2.C6H15N.ClH.U/c1-12(2)8-7-11-16-15(18)10-6-5-9-14(17)13(3)4;1-5-6-7(2,3)4;;/h5,12-13H,6-11H2,1-4H3,(H,16,18);1,5-6H2,2-4H3;1H;/q-1;;;+2/p-1. The number of halogens is 1. The van der Waals surface area contributed by atoms with Gasteiger partial charge in [0, 0.05) is 12.5 Å². The molecule has 0 spiro atoms. The van der Waals surface area contributed by atoms with Crippen molar-refractivity contribution in [2.24, 2.45) is 11.8 Å². The molecule has 0 radical (unpaired) electrons. The number of amides is 1. The average molecular weight is 629 g/mol. The molecule has 27 heavy (non-hydrogen) atoms. The SMILES string of the molecule is CC(C)CCCNC(=O)CC[CH-]CC(=O)C(C)C.[CH2-]CC[N+](C)(C)C.[Cl-].[U+2]. The van der Waals surface area contributed by atoms with E-state index in [0.29, 0.717) is 25.2 Å². The fourth-order valence-electron chi connectivity index (χ4n) is 2.01. The van der Waals surface area contributed by atoms with E-state index >= 15 is 0 Å². The molecular formula is C21H43ClN2O2U. The van der Waals surface area contributed by atoms with Crippen molar-refractivity contribution in [3.05, 3.63) is 13.3 Å². The molecule has 0 saturated carbocycles. The Morgan fingerprint density at radius 2 is 1.67 bits per heavy atom. The molecule has 0 aliphatic rings. The van der Waals surface area contributed by atoms with Gasteiger partial charge in [-0.15, -0.1) is 12.8 Å². The van der Waals surface area contributed by atoms with Crippen LogP contribution < -0.4 is 17.7 Å². The summed E-state index contributed by atoms with van der Waals surface area (Å²) in [5.41, 5.74) is 0. The van der Waals surface area contributed by atoms with Crippen LogP contribution in [0.1, 0.15) is 66.2 Å². The third-order valence-electron chi connectivity index (χ3n) is 3.67. The normalized spacial score (nSPS) is 10.4. The van der Waals surface area contributed by atoms with E-state index < -0.39 is 0 Å². The molecule has 0 rings (SSSR count). The summed E-state index contributed by atoms with van der Waals surface area (Å²) in [7, 11) is 6.52. The molecule has 6 heteroatoms. The average Bonchev–Trinajstić information content (AvgIpc) is 2.47. The van der Waals surface area contributed by atoms with E-state index in [0.717, 1.165) is 30.3 Å². The maximum absolute atomic E-state index is 11.5. The maximum atomic E-state index is 11.5. The van der Waals surface area contributed by atoms with Crippen LogP contribution in [0.2, 0.25) is 0 Å². The van der Waals surface area contributed by atoms with Gasteiger partial charge < -0.3 is 40.3 Å². The summed E-state index contributed by atoms with van der Waals surface area (Å²) in [4.78, 5) is 22.8. The molecule has 0 atom stereocenters. The zero-order chi connectivity index (χ0) is 19.9. The van der Waals surface area contributed by atoms with Gasteiger partial charge >= 0.3 is 31.1 Å². The van der Waals surface area contributed by atoms with E-state index in [4.69, 9.17) is 0 Å². The smallest absolute Gasteiger partial charge is 1.00 e. The molecule has 0 aromatic rings. The van der Waals surface area contributed by atoms with Crippen molar-refractivity contribution >= 4 is 11.7 Å². The van der Waals surface area contributed by atoms with Crippen molar-refractivity contribution in [1.29, 1.82) is 0 Å². The van der Waals surface area contributed by atoms with Gasteiger partial charge in [-0.25, -0.2) is 0 Å². The number of nitrogens with zero attached hydrogens (tertiary/aromatic N) is 1. The second kappa shape index (κ2) is 21.2. The zero-order valence-corrected chi connectivity index (χ0v) is 23.7. The first-order chi connectivity index (χ1) is 11.5. The Balaban J connectivity index is -0.000000252. The molecule has 0 fully saturated rings. The van der Waals surface area contributed by atoms with E-state index in [9.17, 15) is 9.59 Å². The van der Waals surface area contributed by atoms with Crippen molar-refractivity contribution in [2.75, 3.05) is 34.2 Å². The number of rotatable bonds is 12. The quantitative estimate of drug-likeness (QED) is 0.200. The summed E-state index contributed by atoms with van der Waals surface area (Å²) in [6, 6.07) is 0. The van der Waals surface area contributed by atoms with E-state index in [2.05, 4.69) is 47.2 Å². The van der Waals surface area contributed by atoms with Crippen molar-refractivity contribution < 1.29 is 57.6 Å². The van der Waals surface area contributed by atoms with Gasteiger partial charge in [-0.05, 0) is 25.2 Å². The minimum Gasteiger partial charge on any atom is -1.00 e. The van der Waals surface area contributed by atoms with Crippen molar-refractivity contribution in [2.45, 2.75) is 66.2 Å². The molecule has 0 saturated heterocycles. The van der Waals surface area contributed by atoms with E-state index in [1.807, 2.05) is 20.3 Å². The first-order valence-electron chi connectivity index (χ1n) is 9.70. The molecule has 1 amide bonds. The number of carbonyl (C=O) groups excluding carboxylic acids is 2. The largest absolute Gasteiger partial charge is 2.00 e. The predicted octanol–water partition coefficient (Wildman–Crippen LogP) is 1.06. The molecular weight excluding hydrogens is 586 g/mol. The molecule has 160 valence electrons. The Morgan fingerprint density at radius 3 is 2.04 bits per heavy atom. The molecule has 4 nitrogen and oxygen atoms in total. The summed E-state index contributed by atoms with van der Waals surface area (Å²) in [5.74, 6) is 1.11. The second-order valence-electron chi connectivity index (χ2n) is 8.41. The molecule has 0 aromatic heterocycles. The predicted molar refractivity (Wildman–Crippen MR) is 108 cm³/mol. The maximum Gasteiger partial charge on any atom is 2.00 e. The van der Waals surface area contributed by atoms with Crippen LogP contribution in [0.5, 0.6) is 0 Å². The summed E-state index contributed by atoms with van der Waals surface area (Å²) in [5, 5.41) is 2.91. The van der Waals surface area contributed by atoms with Gasteiger partial charge in [0.2, 0.25) is 5.91 Å². The third kappa shape index (κ3) is 31.4. The minimum atomic E-state index is 0. The number of carbonyl (C=O) groups is 2. The molecule has 0 unspecified atom stereocenters. The number of ketones is 1. The number of nitrogens with one attached hydrogen (secondary N) is 1. The minimum absolute atomic E-state index is 0. The first-order valence-corrected chi connectivity index (χ1v) is 9.70. The topological polar surface area (TPSA) is 46.2 Å². The summed E-state index contributed by atoms with van der Waals surface area (Å²) in [6.45, 7) is 13.9. The van der Waals surface area contributed by atoms with E-state index in [1.165, 1.54) is 6.54 Å². The van der Waals surface area contributed by atoms with Crippen LogP contribution in [0.25, 0.3) is 0 Å². The Kier molecular flexibility index (Phi) is 27.4. The third-order valence-corrected chi connectivity index (χ3v) is 3.67. The number of quaternary nitrogens is 1. The Labute approximate surface area is 199 Å². The molecule has 1 N–H and O–H groups in total. The Hall–Kier alpha value is 0.442. The van der Waals surface area contributed by atoms with Crippen LogP contribution in [-0.2, 0) is 9.59 Å². The Bertz CT molecular complexity index is 357. The van der Waals surface area contributed by atoms with Crippen LogP contribution in [0, 0.1) is 56.3 Å². The van der Waals surface area contributed by atoms with Gasteiger partial charge in [-0.1, -0.05) is 27.7 Å². The van der Waals surface area contributed by atoms with Gasteiger partial charge in [0.25, 0.3) is 0 Å². The second-order valence-corrected chi connectivity index (χ2v) is 8.41. The fraction of sp³-hybridized carbons (Fsp3) is 0.810. The van der Waals surface area contributed by atoms with Gasteiger partial charge in [0.05, 0.1) is 27.7 Å². The van der Waals surface area contributed by atoms with Crippen LogP contribution in [0.15, 0.2) is 0 Å². The molecule has 0 aliphatic carbocycles. The van der Waals surface area contributed by atoms with Crippen molar-refractivity contribution in [3.8, 4) is 0 Å². The van der Waals surface area contributed by atoms with Gasteiger partial charge in [-0.3, -0.25) is 4.79 Å². The monoisotopic (exact) mass is 628 g/mol. The molecule has 0 aromatic carbocycles. The number of hydrogen-bond acceptors (Lipinski definition) is 2. The first kappa shape index (κ1) is 34.9. The molecule has 0 aliphatic heterocycles. The van der Waals surface area contributed by atoms with Gasteiger partial charge in [0.1, 0.15) is 5.78 Å². The van der Waals surface area contributed by atoms with Crippen molar-refractivity contribution in [1.82, 2.24) is 5.32 Å². The van der Waals surface area contributed by atoms with E-state index in [-0.39, 0.29) is 61.1 Å². The van der Waals surface area contributed by atoms with Crippen LogP contribution in [-0.4, -0.2) is 50.4 Å². The van der Waals surface area contributed by atoms with Crippen LogP contribution >= 0.6 is 0 Å². The van der Waals surface area contributed by atoms with Gasteiger partial charge in [0.15, 0.2) is 0 Å². The van der Waals surface area contributed by atoms with Crippen LogP contribution in [0.4, 0.5) is 0 Å². The number of unbranched alkanes of at least 4 members (excludes halogenated alkanes) is 1. The van der Waals surface area contributed by atoms with Gasteiger partial charge in [-0.2, -0.15) is 6.42 Å². The number of hydrogen-bond donors (Lipinski definition) is 1. The fourth-order valence-corrected chi connectivity index (χ4v) is 2.01. The Morgan fingerprint density at radius 1 is 1.11 bits per heavy atom. The zero-order valence-electron chi connectivity index (χ0n) is 18.7. The van der Waals surface area contributed by atoms with Crippen LogP contribution in [0.3, 0.4) is 0 Å². The molecule has 0 heterocycles. The van der Waals surface area contributed by atoms with Crippen molar-refractivity contribution in [3.63, 3.8) is 0 Å².